The van der Waals surface area contributed by atoms with Crippen LogP contribution in [0.1, 0.15) is 21.5 Å². The number of aryl methyl sites for hydroxylation is 1. The standard InChI is InChI=1S/C19H22O4/c1-15-3-5-16(6-4-15)19(20)17-7-9-18(10-8-17)23-14-13-22-12-11-21-2/h3-10H,11-14H2,1-2H3. The molecule has 2 aromatic rings. The first kappa shape index (κ1) is 17.2. The second kappa shape index (κ2) is 9.08. The monoisotopic (exact) mass is 314 g/mol. The van der Waals surface area contributed by atoms with Gasteiger partial charge in [-0.15, -0.1) is 0 Å². The Bertz CT molecular complexity index is 602. The summed E-state index contributed by atoms with van der Waals surface area (Å²) in [4.78, 5) is 12.4. The number of carbonyl (C=O) groups excluding carboxylic acids is 1. The van der Waals surface area contributed by atoms with Crippen LogP contribution in [0.25, 0.3) is 0 Å². The first-order valence-corrected chi connectivity index (χ1v) is 7.61. The molecule has 0 bridgehead atoms. The number of benzene rings is 2. The predicted octanol–water partition coefficient (Wildman–Crippen LogP) is 3.27. The maximum atomic E-state index is 12.4. The van der Waals surface area contributed by atoms with Crippen LogP contribution < -0.4 is 4.74 Å². The predicted molar refractivity (Wildman–Crippen MR) is 89.2 cm³/mol. The molecule has 0 saturated heterocycles. The summed E-state index contributed by atoms with van der Waals surface area (Å²) in [6.07, 6.45) is 0. The maximum Gasteiger partial charge on any atom is 0.193 e. The van der Waals surface area contributed by atoms with Crippen LogP contribution in [0.3, 0.4) is 0 Å². The van der Waals surface area contributed by atoms with Gasteiger partial charge in [0.25, 0.3) is 0 Å². The van der Waals surface area contributed by atoms with Gasteiger partial charge in [-0.25, -0.2) is 0 Å². The highest BCUT2D eigenvalue weighted by atomic mass is 16.5. The van der Waals surface area contributed by atoms with E-state index in [1.54, 1.807) is 31.4 Å². The zero-order valence-electron chi connectivity index (χ0n) is 13.6. The van der Waals surface area contributed by atoms with Crippen molar-refractivity contribution in [2.45, 2.75) is 6.92 Å². The number of rotatable bonds is 9. The summed E-state index contributed by atoms with van der Waals surface area (Å²) in [7, 11) is 1.64. The van der Waals surface area contributed by atoms with Crippen molar-refractivity contribution in [1.29, 1.82) is 0 Å². The van der Waals surface area contributed by atoms with Gasteiger partial charge in [0.1, 0.15) is 12.4 Å². The minimum Gasteiger partial charge on any atom is -0.491 e. The lowest BCUT2D eigenvalue weighted by molar-refractivity contribution is 0.0544. The number of ketones is 1. The fraction of sp³-hybridized carbons (Fsp3) is 0.316. The molecular weight excluding hydrogens is 292 g/mol. The Morgan fingerprint density at radius 3 is 2.00 bits per heavy atom. The van der Waals surface area contributed by atoms with Crippen molar-refractivity contribution in [2.75, 3.05) is 33.5 Å². The highest BCUT2D eigenvalue weighted by Gasteiger charge is 2.08. The highest BCUT2D eigenvalue weighted by Crippen LogP contribution is 2.16. The third-order valence-electron chi connectivity index (χ3n) is 3.36. The fourth-order valence-corrected chi connectivity index (χ4v) is 2.04. The van der Waals surface area contributed by atoms with Gasteiger partial charge in [-0.3, -0.25) is 4.79 Å². The van der Waals surface area contributed by atoms with Gasteiger partial charge in [0.05, 0.1) is 19.8 Å². The molecule has 4 heteroatoms. The first-order chi connectivity index (χ1) is 11.2. The molecule has 0 aliphatic heterocycles. The van der Waals surface area contributed by atoms with Gasteiger partial charge in [0.2, 0.25) is 0 Å². The average molecular weight is 314 g/mol. The van der Waals surface area contributed by atoms with E-state index >= 15 is 0 Å². The van der Waals surface area contributed by atoms with E-state index in [2.05, 4.69) is 0 Å². The molecule has 0 N–H and O–H groups in total. The van der Waals surface area contributed by atoms with Gasteiger partial charge in [0, 0.05) is 18.2 Å². The zero-order valence-corrected chi connectivity index (χ0v) is 13.6. The van der Waals surface area contributed by atoms with E-state index in [1.165, 1.54) is 0 Å². The summed E-state index contributed by atoms with van der Waals surface area (Å²) in [5.74, 6) is 0.736. The van der Waals surface area contributed by atoms with Crippen LogP contribution in [0.2, 0.25) is 0 Å². The van der Waals surface area contributed by atoms with E-state index in [1.807, 2.05) is 31.2 Å². The Morgan fingerprint density at radius 2 is 1.39 bits per heavy atom. The van der Waals surface area contributed by atoms with Crippen LogP contribution in [0.4, 0.5) is 0 Å². The van der Waals surface area contributed by atoms with Gasteiger partial charge in [-0.2, -0.15) is 0 Å². The Labute approximate surface area is 137 Å². The van der Waals surface area contributed by atoms with E-state index in [-0.39, 0.29) is 5.78 Å². The molecule has 122 valence electrons. The van der Waals surface area contributed by atoms with Crippen molar-refractivity contribution >= 4 is 5.78 Å². The molecule has 2 aromatic carbocycles. The van der Waals surface area contributed by atoms with Crippen LogP contribution >= 0.6 is 0 Å². The molecule has 0 aliphatic rings. The molecule has 0 fully saturated rings. The van der Waals surface area contributed by atoms with Crippen LogP contribution in [0, 0.1) is 6.92 Å². The quantitative estimate of drug-likeness (QED) is 0.526. The number of hydrogen-bond acceptors (Lipinski definition) is 4. The van der Waals surface area contributed by atoms with Crippen LogP contribution in [-0.2, 0) is 9.47 Å². The van der Waals surface area contributed by atoms with Gasteiger partial charge in [-0.1, -0.05) is 29.8 Å². The topological polar surface area (TPSA) is 44.8 Å². The van der Waals surface area contributed by atoms with Gasteiger partial charge in [0.15, 0.2) is 5.78 Å². The molecule has 0 heterocycles. The molecule has 4 nitrogen and oxygen atoms in total. The van der Waals surface area contributed by atoms with E-state index in [4.69, 9.17) is 14.2 Å². The van der Waals surface area contributed by atoms with Gasteiger partial charge in [-0.05, 0) is 31.2 Å². The van der Waals surface area contributed by atoms with Crippen molar-refractivity contribution < 1.29 is 19.0 Å². The Hall–Kier alpha value is -2.17. The summed E-state index contributed by atoms with van der Waals surface area (Å²) in [5.41, 5.74) is 2.48. The lowest BCUT2D eigenvalue weighted by atomic mass is 10.0. The molecule has 0 aromatic heterocycles. The molecule has 0 unspecified atom stereocenters. The number of ether oxygens (including phenoxy) is 3. The minimum absolute atomic E-state index is 0.0134. The van der Waals surface area contributed by atoms with Crippen molar-refractivity contribution in [3.63, 3.8) is 0 Å². The second-order valence-electron chi connectivity index (χ2n) is 5.17. The zero-order chi connectivity index (χ0) is 16.5. The average Bonchev–Trinajstić information content (AvgIpc) is 2.58. The maximum absolute atomic E-state index is 12.4. The van der Waals surface area contributed by atoms with Crippen molar-refractivity contribution in [1.82, 2.24) is 0 Å². The Kier molecular flexibility index (Phi) is 6.78. The highest BCUT2D eigenvalue weighted by molar-refractivity contribution is 6.09. The summed E-state index contributed by atoms with van der Waals surface area (Å²) in [6, 6.07) is 14.7. The van der Waals surface area contributed by atoms with E-state index < -0.39 is 0 Å². The van der Waals surface area contributed by atoms with Crippen LogP contribution in [0.15, 0.2) is 48.5 Å². The molecule has 23 heavy (non-hydrogen) atoms. The van der Waals surface area contributed by atoms with Crippen molar-refractivity contribution in [2.24, 2.45) is 0 Å². The third kappa shape index (κ3) is 5.51. The van der Waals surface area contributed by atoms with E-state index in [0.717, 1.165) is 11.3 Å². The fourth-order valence-electron chi connectivity index (χ4n) is 2.04. The van der Waals surface area contributed by atoms with E-state index in [9.17, 15) is 4.79 Å². The molecule has 0 saturated carbocycles. The lowest BCUT2D eigenvalue weighted by Crippen LogP contribution is -2.10. The van der Waals surface area contributed by atoms with Gasteiger partial charge >= 0.3 is 0 Å². The number of carbonyl (C=O) groups is 1. The SMILES string of the molecule is COCCOCCOc1ccc(C(=O)c2ccc(C)cc2)cc1. The third-order valence-corrected chi connectivity index (χ3v) is 3.36. The molecule has 0 radical (unpaired) electrons. The molecule has 0 amide bonds. The Balaban J connectivity index is 1.84. The first-order valence-electron chi connectivity index (χ1n) is 7.61. The van der Waals surface area contributed by atoms with Crippen LogP contribution in [0.5, 0.6) is 5.75 Å². The smallest absolute Gasteiger partial charge is 0.193 e. The lowest BCUT2D eigenvalue weighted by Gasteiger charge is -2.08. The molecule has 2 rings (SSSR count). The van der Waals surface area contributed by atoms with Gasteiger partial charge < -0.3 is 14.2 Å². The second-order valence-corrected chi connectivity index (χ2v) is 5.17. The molecule has 0 spiro atoms. The number of hydrogen-bond donors (Lipinski definition) is 0. The summed E-state index contributed by atoms with van der Waals surface area (Å²) in [5, 5.41) is 0. The summed E-state index contributed by atoms with van der Waals surface area (Å²) >= 11 is 0. The van der Waals surface area contributed by atoms with Crippen molar-refractivity contribution in [3.8, 4) is 5.75 Å². The Morgan fingerprint density at radius 1 is 0.826 bits per heavy atom. The summed E-state index contributed by atoms with van der Waals surface area (Å²) in [6.45, 7) is 4.11. The normalized spacial score (nSPS) is 10.5. The molecule has 0 atom stereocenters. The van der Waals surface area contributed by atoms with E-state index in [0.29, 0.717) is 37.6 Å². The minimum atomic E-state index is 0.0134. The largest absolute Gasteiger partial charge is 0.491 e. The molecular formula is C19H22O4. The molecule has 0 aliphatic carbocycles. The number of methoxy groups -OCH3 is 1. The summed E-state index contributed by atoms with van der Waals surface area (Å²) < 4.78 is 15.8. The van der Waals surface area contributed by atoms with Crippen LogP contribution in [-0.4, -0.2) is 39.3 Å². The van der Waals surface area contributed by atoms with Crippen molar-refractivity contribution in [3.05, 3.63) is 65.2 Å².